The molecule has 0 aromatic carbocycles. The lowest BCUT2D eigenvalue weighted by Crippen LogP contribution is -2.03. The smallest absolute Gasteiger partial charge is 0.0713 e. The molecule has 0 radical (unpaired) electrons. The van der Waals surface area contributed by atoms with Crippen molar-refractivity contribution in [3.8, 4) is 0 Å². The van der Waals surface area contributed by atoms with E-state index >= 15 is 0 Å². The first-order valence-corrected chi connectivity index (χ1v) is 4.30. The summed E-state index contributed by atoms with van der Waals surface area (Å²) in [5.74, 6) is 0.791. The van der Waals surface area contributed by atoms with Gasteiger partial charge in [-0.2, -0.15) is 0 Å². The summed E-state index contributed by atoms with van der Waals surface area (Å²) in [5.41, 5.74) is 6.89. The molecule has 0 saturated heterocycles. The van der Waals surface area contributed by atoms with E-state index < -0.39 is 0 Å². The Morgan fingerprint density at radius 1 is 1.67 bits per heavy atom. The molecule has 1 rings (SSSR count). The van der Waals surface area contributed by atoms with Crippen molar-refractivity contribution in [3.63, 3.8) is 0 Å². The van der Waals surface area contributed by atoms with Crippen LogP contribution < -0.4 is 5.73 Å². The third-order valence-electron chi connectivity index (χ3n) is 1.98. The van der Waals surface area contributed by atoms with Crippen molar-refractivity contribution >= 4 is 6.21 Å². The maximum Gasteiger partial charge on any atom is 0.0713 e. The van der Waals surface area contributed by atoms with E-state index in [1.165, 1.54) is 12.8 Å². The van der Waals surface area contributed by atoms with Gasteiger partial charge in [-0.1, -0.05) is 0 Å². The van der Waals surface area contributed by atoms with Crippen LogP contribution in [0.1, 0.15) is 19.8 Å². The average Bonchev–Trinajstić information content (AvgIpc) is 2.80. The summed E-state index contributed by atoms with van der Waals surface area (Å²) in [6.07, 6.45) is 4.29. The van der Waals surface area contributed by atoms with Gasteiger partial charge in [0.25, 0.3) is 0 Å². The normalized spacial score (nSPS) is 19.8. The van der Waals surface area contributed by atoms with Crippen LogP contribution in [0, 0.1) is 5.92 Å². The van der Waals surface area contributed by atoms with Gasteiger partial charge in [0.15, 0.2) is 0 Å². The Morgan fingerprint density at radius 2 is 2.33 bits per heavy atom. The van der Waals surface area contributed by atoms with Crippen molar-refractivity contribution in [3.05, 3.63) is 11.3 Å². The quantitative estimate of drug-likeness (QED) is 0.607. The zero-order valence-electron chi connectivity index (χ0n) is 7.45. The summed E-state index contributed by atoms with van der Waals surface area (Å²) in [5, 5.41) is 8.85. The van der Waals surface area contributed by atoms with Crippen LogP contribution in [0.15, 0.2) is 16.3 Å². The highest BCUT2D eigenvalue weighted by Gasteiger charge is 2.19. The van der Waals surface area contributed by atoms with Crippen molar-refractivity contribution in [2.24, 2.45) is 16.6 Å². The summed E-state index contributed by atoms with van der Waals surface area (Å²) in [6.45, 7) is 2.64. The predicted molar refractivity (Wildman–Crippen MR) is 50.1 cm³/mol. The number of aliphatic hydroxyl groups is 1. The maximum atomic E-state index is 8.85. The van der Waals surface area contributed by atoms with Crippen molar-refractivity contribution in [2.75, 3.05) is 13.2 Å². The van der Waals surface area contributed by atoms with Gasteiger partial charge in [-0.15, -0.1) is 0 Å². The van der Waals surface area contributed by atoms with Crippen LogP contribution in [-0.4, -0.2) is 24.5 Å². The molecule has 0 aliphatic heterocycles. The summed E-state index contributed by atoms with van der Waals surface area (Å²) < 4.78 is 0. The number of allylic oxidation sites excluding steroid dienone is 1. The molecule has 3 N–H and O–H groups in total. The Kier molecular flexibility index (Phi) is 3.29. The largest absolute Gasteiger partial charge is 0.402 e. The fraction of sp³-hybridized carbons (Fsp3) is 0.667. The first-order valence-electron chi connectivity index (χ1n) is 4.30. The number of aliphatic hydroxyl groups excluding tert-OH is 1. The molecule has 0 bridgehead atoms. The van der Waals surface area contributed by atoms with Crippen LogP contribution in [0.25, 0.3) is 0 Å². The van der Waals surface area contributed by atoms with Gasteiger partial charge in [0, 0.05) is 24.0 Å². The Hall–Kier alpha value is -0.830. The van der Waals surface area contributed by atoms with Gasteiger partial charge in [-0.05, 0) is 25.7 Å². The molecular weight excluding hydrogens is 152 g/mol. The zero-order chi connectivity index (χ0) is 8.97. The molecular formula is C9H16N2O. The van der Waals surface area contributed by atoms with Gasteiger partial charge in [-0.3, -0.25) is 4.99 Å². The van der Waals surface area contributed by atoms with Gasteiger partial charge in [-0.25, -0.2) is 0 Å². The maximum absolute atomic E-state index is 8.85. The molecule has 0 spiro atoms. The Bertz CT molecular complexity index is 201. The highest BCUT2D eigenvalue weighted by Crippen LogP contribution is 2.28. The van der Waals surface area contributed by atoms with E-state index in [1.54, 1.807) is 13.1 Å². The minimum absolute atomic E-state index is 0.0174. The van der Waals surface area contributed by atoms with E-state index in [-0.39, 0.29) is 6.61 Å². The first-order chi connectivity index (χ1) is 5.74. The number of hydrogen-bond acceptors (Lipinski definition) is 3. The number of aliphatic imine (C=N–C) groups is 1. The first kappa shape index (κ1) is 9.26. The van der Waals surface area contributed by atoms with Crippen LogP contribution in [0.3, 0.4) is 0 Å². The van der Waals surface area contributed by atoms with Gasteiger partial charge in [0.1, 0.15) is 0 Å². The average molecular weight is 168 g/mol. The standard InChI is InChI=1S/C9H16N2O/c1-7(10)9(6-12)5-11-4-8-2-3-8/h5,8,12H,2-4,6,10H2,1H3. The third kappa shape index (κ3) is 3.05. The molecule has 3 nitrogen and oxygen atoms in total. The van der Waals surface area contributed by atoms with Crippen LogP contribution in [-0.2, 0) is 0 Å². The summed E-state index contributed by atoms with van der Waals surface area (Å²) >= 11 is 0. The number of rotatable bonds is 4. The van der Waals surface area contributed by atoms with E-state index in [2.05, 4.69) is 4.99 Å². The van der Waals surface area contributed by atoms with E-state index in [4.69, 9.17) is 10.8 Å². The molecule has 68 valence electrons. The summed E-state index contributed by atoms with van der Waals surface area (Å²) in [7, 11) is 0. The molecule has 3 heteroatoms. The van der Waals surface area contributed by atoms with E-state index in [9.17, 15) is 0 Å². The van der Waals surface area contributed by atoms with Gasteiger partial charge >= 0.3 is 0 Å². The molecule has 1 saturated carbocycles. The minimum Gasteiger partial charge on any atom is -0.402 e. The highest BCUT2D eigenvalue weighted by molar-refractivity contribution is 5.79. The van der Waals surface area contributed by atoms with Crippen LogP contribution in [0.4, 0.5) is 0 Å². The molecule has 1 aliphatic carbocycles. The Labute approximate surface area is 73.0 Å². The Morgan fingerprint density at radius 3 is 2.75 bits per heavy atom. The lowest BCUT2D eigenvalue weighted by molar-refractivity contribution is 0.336. The molecule has 1 aliphatic rings. The lowest BCUT2D eigenvalue weighted by Gasteiger charge is -1.98. The SMILES string of the molecule is CC(N)=C(C=NCC1CC1)CO. The van der Waals surface area contributed by atoms with Crippen molar-refractivity contribution < 1.29 is 5.11 Å². The summed E-state index contributed by atoms with van der Waals surface area (Å²) in [6, 6.07) is 0. The van der Waals surface area contributed by atoms with E-state index in [0.717, 1.165) is 18.0 Å². The van der Waals surface area contributed by atoms with Crippen LogP contribution >= 0.6 is 0 Å². The number of nitrogens with two attached hydrogens (primary N) is 1. The minimum atomic E-state index is -0.0174. The van der Waals surface area contributed by atoms with Gasteiger partial charge in [0.05, 0.1) is 6.61 Å². The van der Waals surface area contributed by atoms with E-state index in [1.807, 2.05) is 0 Å². The summed E-state index contributed by atoms with van der Waals surface area (Å²) in [4.78, 5) is 4.20. The molecule has 0 atom stereocenters. The fourth-order valence-corrected chi connectivity index (χ4v) is 0.880. The second kappa shape index (κ2) is 4.26. The lowest BCUT2D eigenvalue weighted by atomic mass is 10.2. The molecule has 0 heterocycles. The molecule has 0 aromatic rings. The Balaban J connectivity index is 2.34. The molecule has 0 aromatic heterocycles. The van der Waals surface area contributed by atoms with Crippen LogP contribution in [0.5, 0.6) is 0 Å². The van der Waals surface area contributed by atoms with Crippen molar-refractivity contribution in [1.82, 2.24) is 0 Å². The molecule has 0 unspecified atom stereocenters. The third-order valence-corrected chi connectivity index (χ3v) is 1.98. The molecule has 0 amide bonds. The number of nitrogens with zero attached hydrogens (tertiary/aromatic N) is 1. The second-order valence-corrected chi connectivity index (χ2v) is 3.30. The van der Waals surface area contributed by atoms with Crippen molar-refractivity contribution in [2.45, 2.75) is 19.8 Å². The monoisotopic (exact) mass is 168 g/mol. The highest BCUT2D eigenvalue weighted by atomic mass is 16.3. The van der Waals surface area contributed by atoms with Crippen molar-refractivity contribution in [1.29, 1.82) is 0 Å². The second-order valence-electron chi connectivity index (χ2n) is 3.30. The van der Waals surface area contributed by atoms with E-state index in [0.29, 0.717) is 5.70 Å². The fourth-order valence-electron chi connectivity index (χ4n) is 0.880. The molecule has 12 heavy (non-hydrogen) atoms. The van der Waals surface area contributed by atoms with Crippen LogP contribution in [0.2, 0.25) is 0 Å². The van der Waals surface area contributed by atoms with Gasteiger partial charge < -0.3 is 10.8 Å². The zero-order valence-corrected chi connectivity index (χ0v) is 7.45. The van der Waals surface area contributed by atoms with Gasteiger partial charge in [0.2, 0.25) is 0 Å². The topological polar surface area (TPSA) is 58.6 Å². The molecule has 1 fully saturated rings. The predicted octanol–water partition coefficient (Wildman–Crippen LogP) is 0.692. The number of hydrogen-bond donors (Lipinski definition) is 2.